The summed E-state index contributed by atoms with van der Waals surface area (Å²) in [4.78, 5) is 17.4. The number of halogens is 1. The van der Waals surface area contributed by atoms with Gasteiger partial charge in [0.25, 0.3) is 0 Å². The van der Waals surface area contributed by atoms with E-state index < -0.39 is 21.5 Å². The van der Waals surface area contributed by atoms with E-state index in [0.717, 1.165) is 5.06 Å². The third-order valence-electron chi connectivity index (χ3n) is 2.59. The summed E-state index contributed by atoms with van der Waals surface area (Å²) in [6, 6.07) is 7.45. The Hall–Kier alpha value is -1.31. The minimum absolute atomic E-state index is 0.304. The van der Waals surface area contributed by atoms with E-state index >= 15 is 0 Å². The smallest absolute Gasteiger partial charge is 0.245 e. The molecule has 0 saturated carbocycles. The predicted octanol–water partition coefficient (Wildman–Crippen LogP) is 2.25. The third kappa shape index (κ3) is 2.68. The SMILES string of the molecule is CC(C)N1OC(c2ccccc2)N(S(=O)(=O)Cl)C1=O. The molecule has 0 radical (unpaired) electrons. The van der Waals surface area contributed by atoms with Crippen LogP contribution in [0, 0.1) is 0 Å². The minimum atomic E-state index is -4.23. The van der Waals surface area contributed by atoms with E-state index in [0.29, 0.717) is 9.87 Å². The molecule has 2 amide bonds. The molecular weight excluding hydrogens is 292 g/mol. The van der Waals surface area contributed by atoms with Crippen molar-refractivity contribution in [3.05, 3.63) is 35.9 Å². The van der Waals surface area contributed by atoms with Crippen LogP contribution in [0.25, 0.3) is 0 Å². The number of hydrogen-bond acceptors (Lipinski definition) is 4. The molecular formula is C11H13ClN2O4S. The van der Waals surface area contributed by atoms with Gasteiger partial charge in [-0.15, -0.1) is 0 Å². The molecule has 104 valence electrons. The fourth-order valence-corrected chi connectivity index (χ4v) is 2.81. The highest BCUT2D eigenvalue weighted by molar-refractivity contribution is 8.12. The van der Waals surface area contributed by atoms with Crippen molar-refractivity contribution in [1.82, 2.24) is 9.37 Å². The Bertz CT molecular complexity index is 576. The van der Waals surface area contributed by atoms with Gasteiger partial charge < -0.3 is 0 Å². The Balaban J connectivity index is 2.44. The zero-order valence-corrected chi connectivity index (χ0v) is 11.9. The molecule has 6 nitrogen and oxygen atoms in total. The Morgan fingerprint density at radius 3 is 2.32 bits per heavy atom. The molecule has 0 aliphatic carbocycles. The summed E-state index contributed by atoms with van der Waals surface area (Å²) in [5.74, 6) is 0. The van der Waals surface area contributed by atoms with Gasteiger partial charge >= 0.3 is 15.3 Å². The summed E-state index contributed by atoms with van der Waals surface area (Å²) in [6.45, 7) is 3.43. The van der Waals surface area contributed by atoms with Gasteiger partial charge in [0.2, 0.25) is 6.23 Å². The number of nitrogens with zero attached hydrogens (tertiary/aromatic N) is 2. The zero-order chi connectivity index (χ0) is 14.2. The summed E-state index contributed by atoms with van der Waals surface area (Å²) in [5.41, 5.74) is 0.531. The molecule has 0 aromatic heterocycles. The number of benzene rings is 1. The molecule has 1 aromatic carbocycles. The van der Waals surface area contributed by atoms with Crippen LogP contribution in [0.15, 0.2) is 30.3 Å². The van der Waals surface area contributed by atoms with E-state index in [1.807, 2.05) is 0 Å². The first-order valence-electron chi connectivity index (χ1n) is 5.61. The molecule has 1 aromatic rings. The molecule has 1 fully saturated rings. The van der Waals surface area contributed by atoms with Crippen molar-refractivity contribution in [3.8, 4) is 0 Å². The summed E-state index contributed by atoms with van der Waals surface area (Å²) in [5, 5.41) is 0.998. The number of amides is 2. The third-order valence-corrected chi connectivity index (χ3v) is 3.86. The van der Waals surface area contributed by atoms with Gasteiger partial charge in [0.15, 0.2) is 0 Å². The van der Waals surface area contributed by atoms with Crippen LogP contribution < -0.4 is 0 Å². The van der Waals surface area contributed by atoms with Crippen molar-refractivity contribution in [2.45, 2.75) is 26.1 Å². The Morgan fingerprint density at radius 2 is 1.84 bits per heavy atom. The largest absolute Gasteiger partial charge is 0.361 e. The van der Waals surface area contributed by atoms with Crippen LogP contribution in [-0.2, 0) is 14.1 Å². The van der Waals surface area contributed by atoms with Crippen molar-refractivity contribution in [1.29, 1.82) is 0 Å². The van der Waals surface area contributed by atoms with Crippen LogP contribution >= 0.6 is 10.7 Å². The first-order valence-corrected chi connectivity index (χ1v) is 7.88. The van der Waals surface area contributed by atoms with Crippen LogP contribution in [0.2, 0.25) is 0 Å². The molecule has 8 heteroatoms. The lowest BCUT2D eigenvalue weighted by Crippen LogP contribution is -2.37. The van der Waals surface area contributed by atoms with Crippen molar-refractivity contribution in [3.63, 3.8) is 0 Å². The lowest BCUT2D eigenvalue weighted by Gasteiger charge is -2.17. The molecule has 0 N–H and O–H groups in total. The van der Waals surface area contributed by atoms with Gasteiger partial charge in [0.05, 0.1) is 6.04 Å². The van der Waals surface area contributed by atoms with Gasteiger partial charge in [-0.3, -0.25) is 0 Å². The minimum Gasteiger partial charge on any atom is -0.245 e. The highest BCUT2D eigenvalue weighted by Crippen LogP contribution is 2.35. The fourth-order valence-electron chi connectivity index (χ4n) is 1.76. The molecule has 1 aliphatic rings. The van der Waals surface area contributed by atoms with Gasteiger partial charge in [-0.25, -0.2) is 9.63 Å². The Labute approximate surface area is 116 Å². The lowest BCUT2D eigenvalue weighted by molar-refractivity contribution is -0.151. The predicted molar refractivity (Wildman–Crippen MR) is 69.3 cm³/mol. The van der Waals surface area contributed by atoms with Crippen LogP contribution in [0.5, 0.6) is 0 Å². The van der Waals surface area contributed by atoms with E-state index in [9.17, 15) is 13.2 Å². The highest BCUT2D eigenvalue weighted by atomic mass is 35.7. The maximum atomic E-state index is 12.0. The summed E-state index contributed by atoms with van der Waals surface area (Å²) in [6.07, 6.45) is -1.07. The second-order valence-corrected chi connectivity index (χ2v) is 6.70. The van der Waals surface area contributed by atoms with Gasteiger partial charge in [0, 0.05) is 16.2 Å². The Kier molecular flexibility index (Phi) is 3.71. The molecule has 1 aliphatic heterocycles. The van der Waals surface area contributed by atoms with Crippen molar-refractivity contribution < 1.29 is 18.0 Å². The van der Waals surface area contributed by atoms with E-state index in [1.54, 1.807) is 44.2 Å². The molecule has 1 unspecified atom stereocenters. The maximum absolute atomic E-state index is 12.0. The highest BCUT2D eigenvalue weighted by Gasteiger charge is 2.47. The number of rotatable bonds is 3. The van der Waals surface area contributed by atoms with Gasteiger partial charge in [0.1, 0.15) is 0 Å². The average Bonchev–Trinajstić information content (AvgIpc) is 2.68. The normalized spacial score (nSPS) is 20.4. The van der Waals surface area contributed by atoms with E-state index in [2.05, 4.69) is 0 Å². The maximum Gasteiger partial charge on any atom is 0.361 e. The molecule has 0 bridgehead atoms. The lowest BCUT2D eigenvalue weighted by atomic mass is 10.2. The topological polar surface area (TPSA) is 66.9 Å². The molecule has 0 spiro atoms. The van der Waals surface area contributed by atoms with Crippen LogP contribution in [0.1, 0.15) is 25.6 Å². The Morgan fingerprint density at radius 1 is 1.26 bits per heavy atom. The van der Waals surface area contributed by atoms with Crippen LogP contribution in [-0.4, -0.2) is 29.9 Å². The van der Waals surface area contributed by atoms with E-state index in [-0.39, 0.29) is 6.04 Å². The fraction of sp³-hybridized carbons (Fsp3) is 0.364. The molecule has 19 heavy (non-hydrogen) atoms. The van der Waals surface area contributed by atoms with Gasteiger partial charge in [-0.2, -0.15) is 17.8 Å². The average molecular weight is 305 g/mol. The zero-order valence-electron chi connectivity index (χ0n) is 10.4. The number of carbonyl (C=O) groups is 1. The van der Waals surface area contributed by atoms with Crippen molar-refractivity contribution >= 4 is 26.0 Å². The van der Waals surface area contributed by atoms with E-state index in [4.69, 9.17) is 15.5 Å². The monoisotopic (exact) mass is 304 g/mol. The summed E-state index contributed by atoms with van der Waals surface area (Å²) >= 11 is 0. The van der Waals surface area contributed by atoms with Crippen LogP contribution in [0.4, 0.5) is 4.79 Å². The summed E-state index contributed by atoms with van der Waals surface area (Å²) in [7, 11) is 1.09. The molecule has 1 atom stereocenters. The molecule has 2 rings (SSSR count). The standard InChI is InChI=1S/C11H13ClN2O4S/c1-8(2)13-11(15)14(19(12,16)17)10(18-13)9-6-4-3-5-7-9/h3-8,10H,1-2H3. The van der Waals surface area contributed by atoms with Crippen molar-refractivity contribution in [2.24, 2.45) is 0 Å². The van der Waals surface area contributed by atoms with Gasteiger partial charge in [-0.1, -0.05) is 30.3 Å². The van der Waals surface area contributed by atoms with Gasteiger partial charge in [-0.05, 0) is 13.8 Å². The quantitative estimate of drug-likeness (QED) is 0.803. The van der Waals surface area contributed by atoms with Crippen LogP contribution in [0.3, 0.4) is 0 Å². The second-order valence-electron chi connectivity index (χ2n) is 4.31. The first-order chi connectivity index (χ1) is 8.82. The summed E-state index contributed by atoms with van der Waals surface area (Å²) < 4.78 is 23.7. The molecule has 1 saturated heterocycles. The number of carbonyl (C=O) groups excluding carboxylic acids is 1. The van der Waals surface area contributed by atoms with E-state index in [1.165, 1.54) is 0 Å². The number of hydrogen-bond donors (Lipinski definition) is 0. The first kappa shape index (κ1) is 14.1. The second kappa shape index (κ2) is 4.99. The number of urea groups is 1. The molecule has 1 heterocycles. The number of hydroxylamine groups is 2. The van der Waals surface area contributed by atoms with Crippen molar-refractivity contribution in [2.75, 3.05) is 0 Å².